The van der Waals surface area contributed by atoms with Gasteiger partial charge in [0.05, 0.1) is 0 Å². The lowest BCUT2D eigenvalue weighted by atomic mass is 9.98. The van der Waals surface area contributed by atoms with Crippen molar-refractivity contribution in [1.29, 1.82) is 0 Å². The summed E-state index contributed by atoms with van der Waals surface area (Å²) in [6.45, 7) is 2.25. The molecule has 0 atom stereocenters. The number of nitrogens with two attached hydrogens (primary N) is 2. The van der Waals surface area contributed by atoms with E-state index in [1.165, 1.54) is 64.2 Å². The molecule has 0 fully saturated rings. The molecule has 6 N–H and O–H groups in total. The van der Waals surface area contributed by atoms with Crippen LogP contribution >= 0.6 is 0 Å². The van der Waals surface area contributed by atoms with E-state index in [-0.39, 0.29) is 0 Å². The standard InChI is InChI=1S/C18H38N4O2/c1-2-3-4-5-6-7-8-9-10-11-12-13-14-15-16(17(23)21-19)18(24)22-20/h16H,2-15,19-20H2,1H3,(H,21,23)(H,22,24). The Bertz CT molecular complexity index is 308. The summed E-state index contributed by atoms with van der Waals surface area (Å²) in [5.41, 5.74) is 4.04. The van der Waals surface area contributed by atoms with Gasteiger partial charge in [-0.25, -0.2) is 11.7 Å². The van der Waals surface area contributed by atoms with Crippen LogP contribution in [0.4, 0.5) is 0 Å². The Kier molecular flexibility index (Phi) is 15.9. The monoisotopic (exact) mass is 342 g/mol. The molecule has 0 spiro atoms. The van der Waals surface area contributed by atoms with E-state index in [9.17, 15) is 9.59 Å². The molecule has 0 saturated carbocycles. The average Bonchev–Trinajstić information content (AvgIpc) is 2.61. The number of carbonyl (C=O) groups excluding carboxylic acids is 2. The second kappa shape index (κ2) is 16.7. The average molecular weight is 343 g/mol. The maximum atomic E-state index is 11.5. The van der Waals surface area contributed by atoms with Crippen LogP contribution in [0.2, 0.25) is 0 Å². The predicted molar refractivity (Wildman–Crippen MR) is 98.5 cm³/mol. The van der Waals surface area contributed by atoms with Crippen molar-refractivity contribution >= 4 is 11.8 Å². The molecule has 0 rings (SSSR count). The molecule has 0 radical (unpaired) electrons. The molecule has 6 heteroatoms. The summed E-state index contributed by atoms with van der Waals surface area (Å²) in [5, 5.41) is 0. The van der Waals surface area contributed by atoms with E-state index in [1.807, 2.05) is 10.9 Å². The lowest BCUT2D eigenvalue weighted by Gasteiger charge is -2.13. The van der Waals surface area contributed by atoms with Gasteiger partial charge in [0.25, 0.3) is 0 Å². The molecule has 0 aliphatic carbocycles. The van der Waals surface area contributed by atoms with E-state index in [0.717, 1.165) is 19.3 Å². The summed E-state index contributed by atoms with van der Waals surface area (Å²) in [6.07, 6.45) is 16.9. The van der Waals surface area contributed by atoms with Crippen LogP contribution in [0.1, 0.15) is 96.8 Å². The van der Waals surface area contributed by atoms with E-state index in [2.05, 4.69) is 6.92 Å². The summed E-state index contributed by atoms with van der Waals surface area (Å²) in [6, 6.07) is 0. The molecular weight excluding hydrogens is 304 g/mol. The SMILES string of the molecule is CCCCCCCCCCCCCCCC(C(=O)NN)C(=O)NN. The lowest BCUT2D eigenvalue weighted by Crippen LogP contribution is -2.45. The predicted octanol–water partition coefficient (Wildman–Crippen LogP) is 3.06. The zero-order valence-electron chi connectivity index (χ0n) is 15.4. The third-order valence-electron chi connectivity index (χ3n) is 4.51. The second-order valence-electron chi connectivity index (χ2n) is 6.60. The molecule has 0 aromatic carbocycles. The first-order chi connectivity index (χ1) is 11.7. The minimum atomic E-state index is -0.785. The molecule has 0 aromatic rings. The molecule has 142 valence electrons. The largest absolute Gasteiger partial charge is 0.294 e. The Balaban J connectivity index is 3.46. The van der Waals surface area contributed by atoms with E-state index in [4.69, 9.17) is 11.7 Å². The minimum absolute atomic E-state index is 0.475. The minimum Gasteiger partial charge on any atom is -0.294 e. The van der Waals surface area contributed by atoms with Gasteiger partial charge in [-0.15, -0.1) is 0 Å². The van der Waals surface area contributed by atoms with Crippen molar-refractivity contribution in [3.05, 3.63) is 0 Å². The van der Waals surface area contributed by atoms with Gasteiger partial charge in [-0.3, -0.25) is 20.4 Å². The number of amides is 2. The summed E-state index contributed by atoms with van der Waals surface area (Å²) < 4.78 is 0. The van der Waals surface area contributed by atoms with Crippen molar-refractivity contribution in [2.24, 2.45) is 17.6 Å². The number of hydrogen-bond donors (Lipinski definition) is 4. The first-order valence-electron chi connectivity index (χ1n) is 9.68. The fourth-order valence-corrected chi connectivity index (χ4v) is 2.95. The Morgan fingerprint density at radius 1 is 0.667 bits per heavy atom. The van der Waals surface area contributed by atoms with Gasteiger partial charge in [0.2, 0.25) is 11.8 Å². The van der Waals surface area contributed by atoms with Crippen molar-refractivity contribution < 1.29 is 9.59 Å². The number of rotatable bonds is 16. The smallest absolute Gasteiger partial charge is 0.246 e. The van der Waals surface area contributed by atoms with Crippen molar-refractivity contribution in [1.82, 2.24) is 10.9 Å². The summed E-state index contributed by atoms with van der Waals surface area (Å²) in [4.78, 5) is 23.0. The molecule has 0 aliphatic heterocycles. The number of unbranched alkanes of at least 4 members (excludes halogenated alkanes) is 12. The van der Waals surface area contributed by atoms with Crippen molar-refractivity contribution in [2.75, 3.05) is 0 Å². The second-order valence-corrected chi connectivity index (χ2v) is 6.60. The Labute approximate surface area is 147 Å². The van der Waals surface area contributed by atoms with Crippen LogP contribution in [0.25, 0.3) is 0 Å². The fraction of sp³-hybridized carbons (Fsp3) is 0.889. The van der Waals surface area contributed by atoms with Crippen LogP contribution in [0.5, 0.6) is 0 Å². The number of hydrogen-bond acceptors (Lipinski definition) is 4. The highest BCUT2D eigenvalue weighted by Gasteiger charge is 2.24. The van der Waals surface area contributed by atoms with Crippen LogP contribution in [-0.2, 0) is 9.59 Å². The Morgan fingerprint density at radius 3 is 1.33 bits per heavy atom. The molecule has 24 heavy (non-hydrogen) atoms. The summed E-state index contributed by atoms with van der Waals surface area (Å²) >= 11 is 0. The summed E-state index contributed by atoms with van der Waals surface area (Å²) in [7, 11) is 0. The molecule has 0 saturated heterocycles. The van der Waals surface area contributed by atoms with Gasteiger partial charge in [-0.05, 0) is 6.42 Å². The first-order valence-corrected chi connectivity index (χ1v) is 9.68. The molecular formula is C18H38N4O2. The van der Waals surface area contributed by atoms with Crippen LogP contribution in [0.3, 0.4) is 0 Å². The Morgan fingerprint density at radius 2 is 1.00 bits per heavy atom. The first kappa shape index (κ1) is 22.9. The van der Waals surface area contributed by atoms with Crippen LogP contribution in [-0.4, -0.2) is 11.8 Å². The lowest BCUT2D eigenvalue weighted by molar-refractivity contribution is -0.135. The fourth-order valence-electron chi connectivity index (χ4n) is 2.95. The van der Waals surface area contributed by atoms with Crippen molar-refractivity contribution in [3.63, 3.8) is 0 Å². The van der Waals surface area contributed by atoms with Gasteiger partial charge in [-0.2, -0.15) is 0 Å². The van der Waals surface area contributed by atoms with Crippen LogP contribution in [0, 0.1) is 5.92 Å². The van der Waals surface area contributed by atoms with Crippen molar-refractivity contribution in [3.8, 4) is 0 Å². The highest BCUT2D eigenvalue weighted by Crippen LogP contribution is 2.15. The van der Waals surface area contributed by atoms with Gasteiger partial charge in [0.15, 0.2) is 0 Å². The molecule has 0 heterocycles. The van der Waals surface area contributed by atoms with Gasteiger partial charge in [0, 0.05) is 0 Å². The van der Waals surface area contributed by atoms with E-state index >= 15 is 0 Å². The highest BCUT2D eigenvalue weighted by atomic mass is 16.2. The maximum absolute atomic E-state index is 11.5. The molecule has 0 aromatic heterocycles. The maximum Gasteiger partial charge on any atom is 0.246 e. The van der Waals surface area contributed by atoms with Gasteiger partial charge < -0.3 is 0 Å². The third-order valence-corrected chi connectivity index (χ3v) is 4.51. The van der Waals surface area contributed by atoms with E-state index in [0.29, 0.717) is 6.42 Å². The normalized spacial score (nSPS) is 10.8. The summed E-state index contributed by atoms with van der Waals surface area (Å²) in [5.74, 6) is 8.44. The zero-order valence-corrected chi connectivity index (χ0v) is 15.4. The molecule has 2 amide bonds. The molecule has 0 aliphatic rings. The number of carbonyl (C=O) groups is 2. The number of hydrazine groups is 2. The van der Waals surface area contributed by atoms with E-state index < -0.39 is 17.7 Å². The Hall–Kier alpha value is -1.14. The zero-order chi connectivity index (χ0) is 18.0. The third kappa shape index (κ3) is 12.3. The quantitative estimate of drug-likeness (QED) is 0.114. The molecule has 0 bridgehead atoms. The topological polar surface area (TPSA) is 110 Å². The van der Waals surface area contributed by atoms with Gasteiger partial charge >= 0.3 is 0 Å². The van der Waals surface area contributed by atoms with E-state index in [1.54, 1.807) is 0 Å². The van der Waals surface area contributed by atoms with Crippen molar-refractivity contribution in [2.45, 2.75) is 96.8 Å². The molecule has 0 unspecified atom stereocenters. The number of nitrogens with one attached hydrogen (secondary N) is 2. The van der Waals surface area contributed by atoms with Gasteiger partial charge in [-0.1, -0.05) is 90.4 Å². The molecule has 6 nitrogen and oxygen atoms in total. The van der Waals surface area contributed by atoms with Gasteiger partial charge in [0.1, 0.15) is 5.92 Å². The van der Waals surface area contributed by atoms with Crippen LogP contribution in [0.15, 0.2) is 0 Å². The van der Waals surface area contributed by atoms with Crippen LogP contribution < -0.4 is 22.5 Å². The highest BCUT2D eigenvalue weighted by molar-refractivity contribution is 5.99.